The van der Waals surface area contributed by atoms with Crippen LogP contribution in [0, 0.1) is 11.3 Å². The van der Waals surface area contributed by atoms with Gasteiger partial charge in [0.25, 0.3) is 5.91 Å². The van der Waals surface area contributed by atoms with E-state index in [1.54, 1.807) is 17.4 Å². The smallest absolute Gasteiger partial charge is 0.255 e. The zero-order valence-electron chi connectivity index (χ0n) is 13.4. The average molecular weight is 348 g/mol. The molecule has 3 rings (SSSR count). The van der Waals surface area contributed by atoms with Crippen molar-refractivity contribution in [1.82, 2.24) is 0 Å². The standard InChI is InChI=1S/C20H16N2O2S/c21-12-16-11-18(9-14-5-2-1-3-6-14)25-20(16)15-7-4-8-17(10-15)24-13-19(22)23/h1-8,10-11H,9,13H2,(H2,22,23). The normalized spacial score (nSPS) is 10.2. The fraction of sp³-hybridized carbons (Fsp3) is 0.100. The highest BCUT2D eigenvalue weighted by molar-refractivity contribution is 7.15. The molecule has 25 heavy (non-hydrogen) atoms. The minimum atomic E-state index is -0.524. The minimum absolute atomic E-state index is 0.168. The zero-order chi connectivity index (χ0) is 17.6. The molecule has 0 aliphatic heterocycles. The van der Waals surface area contributed by atoms with Gasteiger partial charge in [0.05, 0.1) is 10.4 Å². The van der Waals surface area contributed by atoms with Crippen LogP contribution in [0.4, 0.5) is 0 Å². The summed E-state index contributed by atoms with van der Waals surface area (Å²) in [6.07, 6.45) is 0.790. The number of nitriles is 1. The lowest BCUT2D eigenvalue weighted by Crippen LogP contribution is -2.19. The number of thiophene rings is 1. The van der Waals surface area contributed by atoms with Crippen LogP contribution in [-0.4, -0.2) is 12.5 Å². The Morgan fingerprint density at radius 2 is 1.92 bits per heavy atom. The van der Waals surface area contributed by atoms with Crippen molar-refractivity contribution >= 4 is 17.2 Å². The van der Waals surface area contributed by atoms with Crippen LogP contribution in [0.25, 0.3) is 10.4 Å². The Balaban J connectivity index is 1.88. The van der Waals surface area contributed by atoms with E-state index in [1.165, 1.54) is 5.56 Å². The zero-order valence-corrected chi connectivity index (χ0v) is 14.3. The van der Waals surface area contributed by atoms with E-state index in [-0.39, 0.29) is 6.61 Å². The molecule has 0 saturated carbocycles. The van der Waals surface area contributed by atoms with Crippen LogP contribution in [0.3, 0.4) is 0 Å². The molecule has 0 unspecified atom stereocenters. The van der Waals surface area contributed by atoms with Gasteiger partial charge in [-0.15, -0.1) is 11.3 Å². The third-order valence-corrected chi connectivity index (χ3v) is 4.79. The molecule has 124 valence electrons. The molecule has 3 aromatic rings. The van der Waals surface area contributed by atoms with Gasteiger partial charge in [0.2, 0.25) is 0 Å². The number of carbonyl (C=O) groups excluding carboxylic acids is 1. The van der Waals surface area contributed by atoms with Gasteiger partial charge in [-0.05, 0) is 29.3 Å². The van der Waals surface area contributed by atoms with Crippen molar-refractivity contribution in [1.29, 1.82) is 5.26 Å². The first-order valence-electron chi connectivity index (χ1n) is 7.74. The molecule has 0 saturated heterocycles. The molecule has 2 aromatic carbocycles. The molecule has 1 heterocycles. The summed E-state index contributed by atoms with van der Waals surface area (Å²) in [5, 5.41) is 9.47. The van der Waals surface area contributed by atoms with Gasteiger partial charge in [0.15, 0.2) is 6.61 Å². The number of hydrogen-bond donors (Lipinski definition) is 1. The fourth-order valence-corrected chi connectivity index (χ4v) is 3.64. The Kier molecular flexibility index (Phi) is 5.12. The highest BCUT2D eigenvalue weighted by atomic mass is 32.1. The minimum Gasteiger partial charge on any atom is -0.484 e. The average Bonchev–Trinajstić information content (AvgIpc) is 3.04. The van der Waals surface area contributed by atoms with Crippen LogP contribution in [0.2, 0.25) is 0 Å². The van der Waals surface area contributed by atoms with Crippen molar-refractivity contribution in [3.63, 3.8) is 0 Å². The summed E-state index contributed by atoms with van der Waals surface area (Å²) in [6, 6.07) is 21.7. The lowest BCUT2D eigenvalue weighted by Gasteiger charge is -2.05. The fourth-order valence-electron chi connectivity index (χ4n) is 2.51. The first kappa shape index (κ1) is 16.7. The number of nitrogens with zero attached hydrogens (tertiary/aromatic N) is 1. The second-order valence-electron chi connectivity index (χ2n) is 5.51. The van der Waals surface area contributed by atoms with Gasteiger partial charge in [0.1, 0.15) is 11.8 Å². The van der Waals surface area contributed by atoms with Crippen LogP contribution >= 0.6 is 11.3 Å². The van der Waals surface area contributed by atoms with Crippen LogP contribution in [0.15, 0.2) is 60.7 Å². The lowest BCUT2D eigenvalue weighted by molar-refractivity contribution is -0.119. The van der Waals surface area contributed by atoms with E-state index in [0.717, 1.165) is 21.7 Å². The second-order valence-corrected chi connectivity index (χ2v) is 6.65. The van der Waals surface area contributed by atoms with Crippen LogP contribution in [-0.2, 0) is 11.2 Å². The summed E-state index contributed by atoms with van der Waals surface area (Å²) in [6.45, 7) is -0.168. The molecule has 0 bridgehead atoms. The third-order valence-electron chi connectivity index (χ3n) is 3.60. The largest absolute Gasteiger partial charge is 0.484 e. The maximum Gasteiger partial charge on any atom is 0.255 e. The van der Waals surface area contributed by atoms with Crippen molar-refractivity contribution < 1.29 is 9.53 Å². The van der Waals surface area contributed by atoms with E-state index >= 15 is 0 Å². The molecule has 1 amide bonds. The van der Waals surface area contributed by atoms with Gasteiger partial charge in [0, 0.05) is 11.3 Å². The van der Waals surface area contributed by atoms with Crippen molar-refractivity contribution in [2.75, 3.05) is 6.61 Å². The summed E-state index contributed by atoms with van der Waals surface area (Å²) < 4.78 is 5.35. The molecule has 0 radical (unpaired) electrons. The number of benzene rings is 2. The maximum absolute atomic E-state index is 10.9. The number of hydrogen-bond acceptors (Lipinski definition) is 4. The summed E-state index contributed by atoms with van der Waals surface area (Å²) in [4.78, 5) is 12.9. The number of carbonyl (C=O) groups is 1. The van der Waals surface area contributed by atoms with E-state index in [4.69, 9.17) is 10.5 Å². The van der Waals surface area contributed by atoms with Crippen LogP contribution in [0.5, 0.6) is 5.75 Å². The quantitative estimate of drug-likeness (QED) is 0.737. The molecular formula is C20H16N2O2S. The first-order valence-corrected chi connectivity index (χ1v) is 8.55. The molecule has 0 spiro atoms. The van der Waals surface area contributed by atoms with Gasteiger partial charge < -0.3 is 10.5 Å². The van der Waals surface area contributed by atoms with Crippen LogP contribution in [0.1, 0.15) is 16.0 Å². The number of rotatable bonds is 6. The summed E-state index contributed by atoms with van der Waals surface area (Å²) in [5.41, 5.74) is 7.85. The van der Waals surface area contributed by atoms with Crippen molar-refractivity contribution in [2.24, 2.45) is 5.73 Å². The Bertz CT molecular complexity index is 926. The molecule has 1 aromatic heterocycles. The molecular weight excluding hydrogens is 332 g/mol. The molecule has 5 heteroatoms. The Labute approximate surface area is 150 Å². The van der Waals surface area contributed by atoms with Gasteiger partial charge in [-0.25, -0.2) is 0 Å². The number of ether oxygens (including phenoxy) is 1. The van der Waals surface area contributed by atoms with Gasteiger partial charge in [-0.3, -0.25) is 4.79 Å². The molecule has 0 aliphatic carbocycles. The SMILES string of the molecule is N#Cc1cc(Cc2ccccc2)sc1-c1cccc(OCC(N)=O)c1. The number of nitrogens with two attached hydrogens (primary N) is 1. The Morgan fingerprint density at radius 3 is 2.64 bits per heavy atom. The molecule has 0 aliphatic rings. The van der Waals surface area contributed by atoms with Gasteiger partial charge in [-0.2, -0.15) is 5.26 Å². The van der Waals surface area contributed by atoms with Crippen molar-refractivity contribution in [3.8, 4) is 22.3 Å². The van der Waals surface area contributed by atoms with Crippen LogP contribution < -0.4 is 10.5 Å². The second kappa shape index (κ2) is 7.65. The van der Waals surface area contributed by atoms with E-state index in [1.807, 2.05) is 42.5 Å². The summed E-state index contributed by atoms with van der Waals surface area (Å²) in [5.74, 6) is 0.0302. The van der Waals surface area contributed by atoms with Gasteiger partial charge in [-0.1, -0.05) is 42.5 Å². The molecule has 0 fully saturated rings. The van der Waals surface area contributed by atoms with E-state index in [9.17, 15) is 10.1 Å². The number of amides is 1. The Morgan fingerprint density at radius 1 is 1.12 bits per heavy atom. The van der Waals surface area contributed by atoms with Crippen molar-refractivity contribution in [3.05, 3.63) is 76.7 Å². The molecule has 0 atom stereocenters. The maximum atomic E-state index is 10.9. The predicted octanol–water partition coefficient (Wildman–Crippen LogP) is 3.74. The highest BCUT2D eigenvalue weighted by Gasteiger charge is 2.12. The van der Waals surface area contributed by atoms with Crippen molar-refractivity contribution in [2.45, 2.75) is 6.42 Å². The van der Waals surface area contributed by atoms with E-state index in [0.29, 0.717) is 11.3 Å². The van der Waals surface area contributed by atoms with E-state index in [2.05, 4.69) is 18.2 Å². The Hall–Kier alpha value is -3.10. The highest BCUT2D eigenvalue weighted by Crippen LogP contribution is 2.35. The third kappa shape index (κ3) is 4.25. The summed E-state index contributed by atoms with van der Waals surface area (Å²) in [7, 11) is 0. The monoisotopic (exact) mass is 348 g/mol. The topological polar surface area (TPSA) is 76.1 Å². The van der Waals surface area contributed by atoms with Gasteiger partial charge >= 0.3 is 0 Å². The first-order chi connectivity index (χ1) is 12.2. The predicted molar refractivity (Wildman–Crippen MR) is 98.4 cm³/mol. The molecule has 2 N–H and O–H groups in total. The molecule has 4 nitrogen and oxygen atoms in total. The lowest BCUT2D eigenvalue weighted by atomic mass is 10.1. The van der Waals surface area contributed by atoms with E-state index < -0.39 is 5.91 Å². The number of primary amides is 1. The summed E-state index contributed by atoms with van der Waals surface area (Å²) >= 11 is 1.60.